The van der Waals surface area contributed by atoms with E-state index in [2.05, 4.69) is 21.2 Å². The molecule has 2 aromatic carbocycles. The number of nitrogens with one attached hydrogen (secondary N) is 1. The minimum Gasteiger partial charge on any atom is -0.377 e. The summed E-state index contributed by atoms with van der Waals surface area (Å²) in [4.78, 5) is 0. The van der Waals surface area contributed by atoms with Gasteiger partial charge in [0.05, 0.1) is 21.8 Å². The van der Waals surface area contributed by atoms with Crippen molar-refractivity contribution in [1.82, 2.24) is 0 Å². The summed E-state index contributed by atoms with van der Waals surface area (Å²) in [5.41, 5.74) is 1.79. The van der Waals surface area contributed by atoms with Crippen molar-refractivity contribution in [2.75, 3.05) is 5.32 Å². The maximum atomic E-state index is 6.23. The quantitative estimate of drug-likeness (QED) is 0.635. The lowest BCUT2D eigenvalue weighted by Crippen LogP contribution is -2.07. The molecule has 0 heterocycles. The smallest absolute Gasteiger partial charge is 0.0823 e. The van der Waals surface area contributed by atoms with E-state index in [9.17, 15) is 0 Å². The number of benzene rings is 2. The second kappa shape index (κ2) is 6.36. The molecule has 0 aliphatic heterocycles. The first kappa shape index (κ1) is 15.0. The fourth-order valence-corrected chi connectivity index (χ4v) is 2.97. The molecule has 0 saturated heterocycles. The van der Waals surface area contributed by atoms with Gasteiger partial charge in [0.1, 0.15) is 0 Å². The zero-order valence-electron chi connectivity index (χ0n) is 10.1. The van der Waals surface area contributed by atoms with Gasteiger partial charge in [-0.05, 0) is 36.8 Å². The van der Waals surface area contributed by atoms with Crippen LogP contribution in [0.15, 0.2) is 40.9 Å². The van der Waals surface area contributed by atoms with Gasteiger partial charge in [-0.15, -0.1) is 0 Å². The van der Waals surface area contributed by atoms with Crippen LogP contribution in [0, 0.1) is 0 Å². The third kappa shape index (κ3) is 3.57. The summed E-state index contributed by atoms with van der Waals surface area (Å²) in [5.74, 6) is 0. The molecule has 2 rings (SSSR count). The molecule has 2 aromatic rings. The SMILES string of the molecule is CC(Nc1cccc(Cl)c1Cl)c1ccc(Br)cc1Cl. The Hall–Kier alpha value is -0.410. The Bertz CT molecular complexity index is 601. The van der Waals surface area contributed by atoms with Gasteiger partial charge < -0.3 is 5.32 Å². The molecule has 0 aromatic heterocycles. The average molecular weight is 380 g/mol. The van der Waals surface area contributed by atoms with Gasteiger partial charge in [-0.25, -0.2) is 0 Å². The minimum absolute atomic E-state index is 0.0246. The standard InChI is InChI=1S/C14H11BrCl3N/c1-8(10-6-5-9(15)7-12(10)17)19-13-4-2-3-11(16)14(13)18/h2-8,19H,1H3. The predicted molar refractivity (Wildman–Crippen MR) is 87.7 cm³/mol. The third-order valence-corrected chi connectivity index (χ3v) is 4.39. The number of halogens is 4. The van der Waals surface area contributed by atoms with Crippen molar-refractivity contribution in [3.05, 3.63) is 61.5 Å². The van der Waals surface area contributed by atoms with E-state index in [1.807, 2.05) is 37.3 Å². The van der Waals surface area contributed by atoms with E-state index in [1.165, 1.54) is 0 Å². The summed E-state index contributed by atoms with van der Waals surface area (Å²) < 4.78 is 0.953. The first-order chi connectivity index (χ1) is 8.99. The molecule has 0 aliphatic rings. The fourth-order valence-electron chi connectivity index (χ4n) is 1.78. The molecule has 1 unspecified atom stereocenters. The molecule has 0 amide bonds. The maximum Gasteiger partial charge on any atom is 0.0823 e. The number of anilines is 1. The lowest BCUT2D eigenvalue weighted by Gasteiger charge is -2.18. The van der Waals surface area contributed by atoms with Crippen LogP contribution in [-0.4, -0.2) is 0 Å². The van der Waals surface area contributed by atoms with Crippen LogP contribution in [0.1, 0.15) is 18.5 Å². The Labute approximate surface area is 136 Å². The summed E-state index contributed by atoms with van der Waals surface area (Å²) in [7, 11) is 0. The Balaban J connectivity index is 2.25. The van der Waals surface area contributed by atoms with Crippen LogP contribution in [0.3, 0.4) is 0 Å². The molecule has 5 heteroatoms. The Morgan fingerprint density at radius 1 is 1.05 bits per heavy atom. The normalized spacial score (nSPS) is 12.3. The van der Waals surface area contributed by atoms with Crippen LogP contribution in [-0.2, 0) is 0 Å². The lowest BCUT2D eigenvalue weighted by atomic mass is 10.1. The van der Waals surface area contributed by atoms with Crippen molar-refractivity contribution in [3.8, 4) is 0 Å². The first-order valence-electron chi connectivity index (χ1n) is 5.64. The fraction of sp³-hybridized carbons (Fsp3) is 0.143. The van der Waals surface area contributed by atoms with Gasteiger partial charge in [0.15, 0.2) is 0 Å². The van der Waals surface area contributed by atoms with E-state index < -0.39 is 0 Å². The van der Waals surface area contributed by atoms with Gasteiger partial charge >= 0.3 is 0 Å². The van der Waals surface area contributed by atoms with Gasteiger partial charge in [0.2, 0.25) is 0 Å². The molecule has 0 radical (unpaired) electrons. The molecule has 0 bridgehead atoms. The van der Waals surface area contributed by atoms with Crippen molar-refractivity contribution in [2.24, 2.45) is 0 Å². The summed E-state index contributed by atoms with van der Waals surface area (Å²) in [6, 6.07) is 11.3. The zero-order chi connectivity index (χ0) is 14.0. The predicted octanol–water partition coefficient (Wildman–Crippen LogP) is 6.58. The van der Waals surface area contributed by atoms with E-state index >= 15 is 0 Å². The van der Waals surface area contributed by atoms with Crippen LogP contribution < -0.4 is 5.32 Å². The van der Waals surface area contributed by atoms with Crippen LogP contribution in [0.25, 0.3) is 0 Å². The number of hydrogen-bond acceptors (Lipinski definition) is 1. The monoisotopic (exact) mass is 377 g/mol. The number of rotatable bonds is 3. The van der Waals surface area contributed by atoms with E-state index in [0.29, 0.717) is 15.1 Å². The first-order valence-corrected chi connectivity index (χ1v) is 7.57. The number of hydrogen-bond donors (Lipinski definition) is 1. The minimum atomic E-state index is 0.0246. The second-order valence-corrected chi connectivity index (χ2v) is 6.24. The Morgan fingerprint density at radius 3 is 2.47 bits per heavy atom. The molecule has 100 valence electrons. The summed E-state index contributed by atoms with van der Waals surface area (Å²) in [6.45, 7) is 2.02. The van der Waals surface area contributed by atoms with Gasteiger partial charge in [-0.1, -0.05) is 62.9 Å². The molecule has 0 fully saturated rings. The van der Waals surface area contributed by atoms with Crippen molar-refractivity contribution in [2.45, 2.75) is 13.0 Å². The Morgan fingerprint density at radius 2 is 1.79 bits per heavy atom. The molecule has 0 aliphatic carbocycles. The van der Waals surface area contributed by atoms with Crippen LogP contribution in [0.5, 0.6) is 0 Å². The van der Waals surface area contributed by atoms with E-state index in [4.69, 9.17) is 34.8 Å². The van der Waals surface area contributed by atoms with Crippen LogP contribution >= 0.6 is 50.7 Å². The lowest BCUT2D eigenvalue weighted by molar-refractivity contribution is 0.885. The topological polar surface area (TPSA) is 12.0 Å². The molecular formula is C14H11BrCl3N. The van der Waals surface area contributed by atoms with Crippen LogP contribution in [0.2, 0.25) is 15.1 Å². The van der Waals surface area contributed by atoms with E-state index in [1.54, 1.807) is 6.07 Å². The summed E-state index contributed by atoms with van der Waals surface area (Å²) in [6.07, 6.45) is 0. The van der Waals surface area contributed by atoms with Crippen molar-refractivity contribution in [1.29, 1.82) is 0 Å². The summed E-state index contributed by atoms with van der Waals surface area (Å²) in [5, 5.41) is 5.06. The average Bonchev–Trinajstić information content (AvgIpc) is 2.34. The highest BCUT2D eigenvalue weighted by Crippen LogP contribution is 2.34. The highest BCUT2D eigenvalue weighted by atomic mass is 79.9. The zero-order valence-corrected chi connectivity index (χ0v) is 13.9. The van der Waals surface area contributed by atoms with Crippen molar-refractivity contribution < 1.29 is 0 Å². The van der Waals surface area contributed by atoms with Gasteiger partial charge in [-0.2, -0.15) is 0 Å². The molecule has 1 nitrogen and oxygen atoms in total. The van der Waals surface area contributed by atoms with Gasteiger partial charge in [0.25, 0.3) is 0 Å². The van der Waals surface area contributed by atoms with Crippen molar-refractivity contribution >= 4 is 56.4 Å². The molecule has 19 heavy (non-hydrogen) atoms. The van der Waals surface area contributed by atoms with E-state index in [0.717, 1.165) is 15.7 Å². The van der Waals surface area contributed by atoms with Crippen molar-refractivity contribution in [3.63, 3.8) is 0 Å². The third-order valence-electron chi connectivity index (χ3n) is 2.75. The van der Waals surface area contributed by atoms with Gasteiger partial charge in [0, 0.05) is 9.50 Å². The largest absolute Gasteiger partial charge is 0.377 e. The highest BCUT2D eigenvalue weighted by Gasteiger charge is 2.12. The van der Waals surface area contributed by atoms with Crippen LogP contribution in [0.4, 0.5) is 5.69 Å². The van der Waals surface area contributed by atoms with Gasteiger partial charge in [-0.3, -0.25) is 0 Å². The molecule has 1 N–H and O–H groups in total. The molecular weight excluding hydrogens is 368 g/mol. The maximum absolute atomic E-state index is 6.23. The molecule has 0 saturated carbocycles. The Kier molecular flexibility index (Phi) is 5.02. The molecule has 1 atom stereocenters. The van der Waals surface area contributed by atoms with E-state index in [-0.39, 0.29) is 6.04 Å². The second-order valence-electron chi connectivity index (χ2n) is 4.13. The molecule has 0 spiro atoms. The highest BCUT2D eigenvalue weighted by molar-refractivity contribution is 9.10. The summed E-state index contributed by atoms with van der Waals surface area (Å²) >= 11 is 21.8.